The summed E-state index contributed by atoms with van der Waals surface area (Å²) in [5.41, 5.74) is 3.21. The van der Waals surface area contributed by atoms with Crippen LogP contribution in [0.3, 0.4) is 0 Å². The first kappa shape index (κ1) is 13.6. The van der Waals surface area contributed by atoms with Crippen molar-refractivity contribution >= 4 is 17.4 Å². The molecule has 98 valence electrons. The molecular weight excluding hydrogens is 260 g/mol. The predicted molar refractivity (Wildman–Crippen MR) is 77.8 cm³/mol. The molecule has 0 atom stereocenters. The van der Waals surface area contributed by atoms with Crippen molar-refractivity contribution in [2.45, 2.75) is 13.8 Å². The Kier molecular flexibility index (Phi) is 4.23. The summed E-state index contributed by atoms with van der Waals surface area (Å²) in [4.78, 5) is 10.9. The first-order valence-corrected chi connectivity index (χ1v) is 6.43. The van der Waals surface area contributed by atoms with Gasteiger partial charge in [0.05, 0.1) is 0 Å². The minimum atomic E-state index is 0.0150. The van der Waals surface area contributed by atoms with E-state index < -0.39 is 0 Å². The third-order valence-electron chi connectivity index (χ3n) is 2.78. The number of halogens is 1. The van der Waals surface area contributed by atoms with Gasteiger partial charge in [-0.1, -0.05) is 29.8 Å². The number of Topliss-reactive ketones (excluding diaryl/α,β-unsaturated/α-hetero) is 1. The maximum absolute atomic E-state index is 10.9. The van der Waals surface area contributed by atoms with Crippen LogP contribution in [0.25, 0.3) is 11.1 Å². The molecule has 0 saturated carbocycles. The molecule has 0 unspecified atom stereocenters. The van der Waals surface area contributed by atoms with Crippen LogP contribution < -0.4 is 4.74 Å². The summed E-state index contributed by atoms with van der Waals surface area (Å²) >= 11 is 5.87. The van der Waals surface area contributed by atoms with Gasteiger partial charge in [-0.15, -0.1) is 0 Å². The van der Waals surface area contributed by atoms with Gasteiger partial charge in [0.1, 0.15) is 12.4 Å². The summed E-state index contributed by atoms with van der Waals surface area (Å²) in [7, 11) is 0. The molecule has 0 fully saturated rings. The lowest BCUT2D eigenvalue weighted by Crippen LogP contribution is -2.07. The number of ketones is 1. The van der Waals surface area contributed by atoms with E-state index in [0.29, 0.717) is 0 Å². The maximum Gasteiger partial charge on any atom is 0.167 e. The van der Waals surface area contributed by atoms with Crippen molar-refractivity contribution in [2.75, 3.05) is 6.61 Å². The van der Waals surface area contributed by atoms with Crippen molar-refractivity contribution in [3.05, 3.63) is 53.1 Å². The topological polar surface area (TPSA) is 26.3 Å². The van der Waals surface area contributed by atoms with E-state index in [1.165, 1.54) is 6.92 Å². The highest BCUT2D eigenvalue weighted by Crippen LogP contribution is 2.27. The van der Waals surface area contributed by atoms with E-state index in [1.807, 2.05) is 49.4 Å². The van der Waals surface area contributed by atoms with Crippen molar-refractivity contribution in [3.8, 4) is 16.9 Å². The Morgan fingerprint density at radius 1 is 1.11 bits per heavy atom. The average molecular weight is 275 g/mol. The van der Waals surface area contributed by atoms with Crippen LogP contribution in [-0.2, 0) is 4.79 Å². The Hall–Kier alpha value is -1.80. The fraction of sp³-hybridized carbons (Fsp3) is 0.188. The van der Waals surface area contributed by atoms with Gasteiger partial charge >= 0.3 is 0 Å². The number of ether oxygens (including phenoxy) is 1. The van der Waals surface area contributed by atoms with Crippen molar-refractivity contribution in [1.29, 1.82) is 0 Å². The van der Waals surface area contributed by atoms with E-state index in [2.05, 4.69) is 0 Å². The van der Waals surface area contributed by atoms with Crippen LogP contribution in [-0.4, -0.2) is 12.4 Å². The van der Waals surface area contributed by atoms with Gasteiger partial charge in [-0.3, -0.25) is 4.79 Å². The summed E-state index contributed by atoms with van der Waals surface area (Å²) in [5.74, 6) is 0.758. The molecule has 2 aromatic carbocycles. The standard InChI is InChI=1S/C16H15ClO2/c1-11-9-14(13-3-6-15(17)7-4-13)5-8-16(11)19-10-12(2)18/h3-9H,10H2,1-2H3. The molecule has 0 bridgehead atoms. The lowest BCUT2D eigenvalue weighted by atomic mass is 10.0. The molecule has 0 aliphatic rings. The number of rotatable bonds is 4. The molecule has 2 rings (SSSR count). The van der Waals surface area contributed by atoms with Crippen LogP contribution in [0.15, 0.2) is 42.5 Å². The molecular formula is C16H15ClO2. The minimum absolute atomic E-state index is 0.0150. The second kappa shape index (κ2) is 5.89. The fourth-order valence-corrected chi connectivity index (χ4v) is 1.94. The SMILES string of the molecule is CC(=O)COc1ccc(-c2ccc(Cl)cc2)cc1C. The third kappa shape index (κ3) is 3.58. The summed E-state index contributed by atoms with van der Waals surface area (Å²) < 4.78 is 5.44. The first-order valence-electron chi connectivity index (χ1n) is 6.05. The molecule has 0 heterocycles. The highest BCUT2D eigenvalue weighted by atomic mass is 35.5. The molecule has 0 aliphatic carbocycles. The molecule has 0 aromatic heterocycles. The van der Waals surface area contributed by atoms with Gasteiger partial charge < -0.3 is 4.74 Å². The van der Waals surface area contributed by atoms with Gasteiger partial charge in [0.25, 0.3) is 0 Å². The number of carbonyl (C=O) groups excluding carboxylic acids is 1. The fourth-order valence-electron chi connectivity index (χ4n) is 1.81. The molecule has 3 heteroatoms. The van der Waals surface area contributed by atoms with Crippen LogP contribution in [0.5, 0.6) is 5.75 Å². The zero-order valence-electron chi connectivity index (χ0n) is 10.9. The van der Waals surface area contributed by atoms with E-state index >= 15 is 0 Å². The van der Waals surface area contributed by atoms with E-state index in [1.54, 1.807) is 0 Å². The maximum atomic E-state index is 10.9. The van der Waals surface area contributed by atoms with Crippen molar-refractivity contribution in [1.82, 2.24) is 0 Å². The molecule has 0 radical (unpaired) electrons. The predicted octanol–water partition coefficient (Wildman–Crippen LogP) is 4.28. The van der Waals surface area contributed by atoms with E-state index in [-0.39, 0.29) is 12.4 Å². The molecule has 19 heavy (non-hydrogen) atoms. The molecule has 0 saturated heterocycles. The van der Waals surface area contributed by atoms with Crippen LogP contribution >= 0.6 is 11.6 Å². The summed E-state index contributed by atoms with van der Waals surface area (Å²) in [6.45, 7) is 3.59. The molecule has 0 amide bonds. The highest BCUT2D eigenvalue weighted by molar-refractivity contribution is 6.30. The first-order chi connectivity index (χ1) is 9.06. The normalized spacial score (nSPS) is 10.3. The lowest BCUT2D eigenvalue weighted by Gasteiger charge is -2.09. The van der Waals surface area contributed by atoms with Crippen molar-refractivity contribution in [3.63, 3.8) is 0 Å². The Labute approximate surface area is 118 Å². The zero-order valence-corrected chi connectivity index (χ0v) is 11.7. The van der Waals surface area contributed by atoms with Gasteiger partial charge in [-0.05, 0) is 54.8 Å². The molecule has 2 aromatic rings. The number of benzene rings is 2. The number of carbonyl (C=O) groups is 1. The quantitative estimate of drug-likeness (QED) is 0.832. The lowest BCUT2D eigenvalue weighted by molar-refractivity contribution is -0.118. The molecule has 0 N–H and O–H groups in total. The Balaban J connectivity index is 2.23. The van der Waals surface area contributed by atoms with E-state index in [4.69, 9.17) is 16.3 Å². The summed E-state index contributed by atoms with van der Waals surface area (Å²) in [5, 5.41) is 0.724. The van der Waals surface area contributed by atoms with Gasteiger partial charge in [0.15, 0.2) is 5.78 Å². The molecule has 2 nitrogen and oxygen atoms in total. The third-order valence-corrected chi connectivity index (χ3v) is 3.04. The highest BCUT2D eigenvalue weighted by Gasteiger charge is 2.04. The van der Waals surface area contributed by atoms with E-state index in [0.717, 1.165) is 27.5 Å². The Bertz CT molecular complexity index is 588. The van der Waals surface area contributed by atoms with Gasteiger partial charge in [-0.2, -0.15) is 0 Å². The average Bonchev–Trinajstić information content (AvgIpc) is 2.38. The van der Waals surface area contributed by atoms with Gasteiger partial charge in [0, 0.05) is 5.02 Å². The Morgan fingerprint density at radius 2 is 1.74 bits per heavy atom. The Morgan fingerprint density at radius 3 is 2.32 bits per heavy atom. The monoisotopic (exact) mass is 274 g/mol. The molecule has 0 spiro atoms. The number of hydrogen-bond acceptors (Lipinski definition) is 2. The van der Waals surface area contributed by atoms with Crippen LogP contribution in [0, 0.1) is 6.92 Å². The van der Waals surface area contributed by atoms with Crippen LogP contribution in [0.1, 0.15) is 12.5 Å². The minimum Gasteiger partial charge on any atom is -0.486 e. The van der Waals surface area contributed by atoms with Gasteiger partial charge in [0.2, 0.25) is 0 Å². The number of aryl methyl sites for hydroxylation is 1. The second-order valence-corrected chi connectivity index (χ2v) is 4.91. The largest absolute Gasteiger partial charge is 0.486 e. The van der Waals surface area contributed by atoms with Gasteiger partial charge in [-0.25, -0.2) is 0 Å². The van der Waals surface area contributed by atoms with Crippen molar-refractivity contribution < 1.29 is 9.53 Å². The van der Waals surface area contributed by atoms with Crippen molar-refractivity contribution in [2.24, 2.45) is 0 Å². The van der Waals surface area contributed by atoms with E-state index in [9.17, 15) is 4.79 Å². The van der Waals surface area contributed by atoms with Crippen LogP contribution in [0.2, 0.25) is 5.02 Å². The number of hydrogen-bond donors (Lipinski definition) is 0. The smallest absolute Gasteiger partial charge is 0.167 e. The second-order valence-electron chi connectivity index (χ2n) is 4.48. The summed E-state index contributed by atoms with van der Waals surface area (Å²) in [6.07, 6.45) is 0. The van der Waals surface area contributed by atoms with Crippen LogP contribution in [0.4, 0.5) is 0 Å². The summed E-state index contributed by atoms with van der Waals surface area (Å²) in [6, 6.07) is 13.6. The molecule has 0 aliphatic heterocycles. The zero-order chi connectivity index (χ0) is 13.8.